The Morgan fingerprint density at radius 3 is 2.68 bits per heavy atom. The van der Waals surface area contributed by atoms with Gasteiger partial charge in [-0.2, -0.15) is 0 Å². The maximum absolute atomic E-state index is 12.9. The number of carboxylic acids is 1. The van der Waals surface area contributed by atoms with Crippen LogP contribution in [0.25, 0.3) is 15.9 Å². The molecule has 6 nitrogen and oxygen atoms in total. The topological polar surface area (TPSA) is 81.3 Å². The van der Waals surface area contributed by atoms with Crippen LogP contribution in [0.4, 0.5) is 0 Å². The van der Waals surface area contributed by atoms with Gasteiger partial charge in [0.2, 0.25) is 0 Å². The van der Waals surface area contributed by atoms with Gasteiger partial charge in [0.1, 0.15) is 11.4 Å². The lowest BCUT2D eigenvalue weighted by Crippen LogP contribution is -2.39. The van der Waals surface area contributed by atoms with Crippen LogP contribution in [0.1, 0.15) is 17.4 Å². The van der Waals surface area contributed by atoms with Crippen LogP contribution in [0.2, 0.25) is 0 Å². The maximum atomic E-state index is 12.9. The highest BCUT2D eigenvalue weighted by molar-refractivity contribution is 7.18. The Morgan fingerprint density at radius 2 is 2.04 bits per heavy atom. The molecule has 0 unspecified atom stereocenters. The zero-order valence-corrected chi connectivity index (χ0v) is 14.9. The van der Waals surface area contributed by atoms with Crippen LogP contribution < -0.4 is 11.2 Å². The second-order valence-corrected chi connectivity index (χ2v) is 6.87. The molecule has 0 radical (unpaired) electrons. The Hall–Kier alpha value is -2.38. The van der Waals surface area contributed by atoms with Gasteiger partial charge in [0.05, 0.1) is 11.1 Å². The van der Waals surface area contributed by atoms with Gasteiger partial charge in [0.25, 0.3) is 5.56 Å². The molecule has 25 heavy (non-hydrogen) atoms. The first kappa shape index (κ1) is 17.4. The molecule has 0 saturated carbocycles. The number of carbonyl (C=O) groups is 1. The minimum Gasteiger partial charge on any atom is -0.480 e. The molecule has 2 aromatic heterocycles. The third-order valence-electron chi connectivity index (χ3n) is 3.83. The summed E-state index contributed by atoms with van der Waals surface area (Å²) in [5, 5.41) is 9.51. The number of halogens is 1. The average Bonchev–Trinajstić information content (AvgIpc) is 3.03. The molecule has 2 heterocycles. The molecule has 0 amide bonds. The highest BCUT2D eigenvalue weighted by Gasteiger charge is 2.18. The van der Waals surface area contributed by atoms with Crippen molar-refractivity contribution < 1.29 is 9.90 Å². The van der Waals surface area contributed by atoms with Crippen LogP contribution in [0, 0.1) is 0 Å². The molecule has 3 rings (SSSR count). The third-order valence-corrected chi connectivity index (χ3v) is 5.44. The molecule has 3 aromatic rings. The van der Waals surface area contributed by atoms with Gasteiger partial charge in [0.15, 0.2) is 0 Å². The molecule has 0 saturated heterocycles. The molecule has 0 fully saturated rings. The number of fused-ring (bicyclic) bond motifs is 1. The van der Waals surface area contributed by atoms with Crippen molar-refractivity contribution in [2.45, 2.75) is 25.8 Å². The summed E-state index contributed by atoms with van der Waals surface area (Å²) in [6, 6.07) is 8.50. The smallest absolute Gasteiger partial charge is 0.337 e. The molecule has 0 aliphatic heterocycles. The third kappa shape index (κ3) is 3.12. The first-order valence-electron chi connectivity index (χ1n) is 7.61. The molecule has 1 aromatic carbocycles. The quantitative estimate of drug-likeness (QED) is 0.692. The molecule has 8 heteroatoms. The van der Waals surface area contributed by atoms with E-state index in [1.807, 2.05) is 6.92 Å². The SMILES string of the molecule is CCc1cc2c(=O)n(-c3cccc(CCl)c3)c(=O)n(CC(=O)O)c2s1. The molecule has 0 aliphatic carbocycles. The predicted molar refractivity (Wildman–Crippen MR) is 98.3 cm³/mol. The van der Waals surface area contributed by atoms with Gasteiger partial charge in [-0.25, -0.2) is 9.36 Å². The lowest BCUT2D eigenvalue weighted by atomic mass is 10.2. The summed E-state index contributed by atoms with van der Waals surface area (Å²) in [7, 11) is 0. The van der Waals surface area contributed by atoms with Crippen LogP contribution in [0.15, 0.2) is 39.9 Å². The second kappa shape index (κ2) is 6.85. The lowest BCUT2D eigenvalue weighted by molar-refractivity contribution is -0.137. The molecule has 1 N–H and O–H groups in total. The van der Waals surface area contributed by atoms with E-state index in [1.165, 1.54) is 11.3 Å². The number of benzene rings is 1. The van der Waals surface area contributed by atoms with Crippen LogP contribution in [-0.2, 0) is 23.6 Å². The summed E-state index contributed by atoms with van der Waals surface area (Å²) in [6.45, 7) is 1.43. The van der Waals surface area contributed by atoms with Crippen molar-refractivity contribution in [2.24, 2.45) is 0 Å². The van der Waals surface area contributed by atoms with Gasteiger partial charge >= 0.3 is 11.7 Å². The number of rotatable bonds is 5. The van der Waals surface area contributed by atoms with Crippen molar-refractivity contribution in [3.05, 3.63) is 61.6 Å². The number of aliphatic carboxylic acids is 1. The molecule has 130 valence electrons. The fourth-order valence-electron chi connectivity index (χ4n) is 2.66. The Balaban J connectivity index is 2.40. The van der Waals surface area contributed by atoms with Crippen molar-refractivity contribution in [1.29, 1.82) is 0 Å². The second-order valence-electron chi connectivity index (χ2n) is 5.49. The number of alkyl halides is 1. The monoisotopic (exact) mass is 378 g/mol. The van der Waals surface area contributed by atoms with E-state index in [-0.39, 0.29) is 5.88 Å². The van der Waals surface area contributed by atoms with Gasteiger partial charge in [-0.15, -0.1) is 22.9 Å². The summed E-state index contributed by atoms with van der Waals surface area (Å²) >= 11 is 7.11. The van der Waals surface area contributed by atoms with Crippen LogP contribution in [-0.4, -0.2) is 20.2 Å². The Labute approximate surface area is 151 Å². The molecule has 0 bridgehead atoms. The van der Waals surface area contributed by atoms with Gasteiger partial charge in [-0.3, -0.25) is 14.2 Å². The van der Waals surface area contributed by atoms with Gasteiger partial charge in [0, 0.05) is 10.8 Å². The highest BCUT2D eigenvalue weighted by Crippen LogP contribution is 2.23. The number of hydrogen-bond donors (Lipinski definition) is 1. The predicted octanol–water partition coefficient (Wildman–Crippen LogP) is 2.60. The first-order valence-corrected chi connectivity index (χ1v) is 8.96. The van der Waals surface area contributed by atoms with Crippen molar-refractivity contribution >= 4 is 39.1 Å². The largest absolute Gasteiger partial charge is 0.480 e. The Kier molecular flexibility index (Phi) is 4.78. The van der Waals surface area contributed by atoms with Crippen LogP contribution in [0.5, 0.6) is 0 Å². The summed E-state index contributed by atoms with van der Waals surface area (Å²) in [6.07, 6.45) is 0.696. The number of nitrogens with zero attached hydrogens (tertiary/aromatic N) is 2. The van der Waals surface area contributed by atoms with E-state index in [1.54, 1.807) is 30.3 Å². The van der Waals surface area contributed by atoms with E-state index < -0.39 is 23.8 Å². The first-order chi connectivity index (χ1) is 12.0. The van der Waals surface area contributed by atoms with Gasteiger partial charge in [-0.1, -0.05) is 19.1 Å². The summed E-state index contributed by atoms with van der Waals surface area (Å²) in [5.74, 6) is -0.901. The van der Waals surface area contributed by atoms with E-state index in [0.29, 0.717) is 22.3 Å². The van der Waals surface area contributed by atoms with Crippen molar-refractivity contribution in [2.75, 3.05) is 0 Å². The molecular formula is C17H15ClN2O4S. The molecule has 0 atom stereocenters. The lowest BCUT2D eigenvalue weighted by Gasteiger charge is -2.11. The van der Waals surface area contributed by atoms with Crippen molar-refractivity contribution in [3.63, 3.8) is 0 Å². The average molecular weight is 379 g/mol. The Bertz CT molecular complexity index is 1080. The molecular weight excluding hydrogens is 364 g/mol. The van der Waals surface area contributed by atoms with Crippen molar-refractivity contribution in [1.82, 2.24) is 9.13 Å². The fraction of sp³-hybridized carbons (Fsp3) is 0.235. The zero-order valence-electron chi connectivity index (χ0n) is 13.4. The number of hydrogen-bond acceptors (Lipinski definition) is 4. The minimum atomic E-state index is -1.14. The Morgan fingerprint density at radius 1 is 1.28 bits per heavy atom. The maximum Gasteiger partial charge on any atom is 0.337 e. The normalized spacial score (nSPS) is 11.1. The van der Waals surface area contributed by atoms with Gasteiger partial charge < -0.3 is 5.11 Å². The minimum absolute atomic E-state index is 0.243. The van der Waals surface area contributed by atoms with Crippen molar-refractivity contribution in [3.8, 4) is 5.69 Å². The van der Waals surface area contributed by atoms with E-state index in [9.17, 15) is 14.4 Å². The summed E-state index contributed by atoms with van der Waals surface area (Å²) in [5.41, 5.74) is 0.00814. The number of carboxylic acid groups (broad SMARTS) is 1. The zero-order chi connectivity index (χ0) is 18.1. The van der Waals surface area contributed by atoms with E-state index in [4.69, 9.17) is 16.7 Å². The fourth-order valence-corrected chi connectivity index (χ4v) is 3.90. The molecule has 0 spiro atoms. The number of aryl methyl sites for hydroxylation is 1. The summed E-state index contributed by atoms with van der Waals surface area (Å²) in [4.78, 5) is 38.3. The number of thiophene rings is 1. The van der Waals surface area contributed by atoms with Crippen LogP contribution in [0.3, 0.4) is 0 Å². The standard InChI is InChI=1S/C17H15ClN2O4S/c1-2-12-7-13-15(23)20(11-5-3-4-10(6-11)8-18)17(24)19(9-14(21)22)16(13)25-12/h3-7H,2,8-9H2,1H3,(H,21,22). The highest BCUT2D eigenvalue weighted by atomic mass is 35.5. The number of aromatic nitrogens is 2. The van der Waals surface area contributed by atoms with E-state index in [0.717, 1.165) is 19.6 Å². The summed E-state index contributed by atoms with van der Waals surface area (Å²) < 4.78 is 2.14. The van der Waals surface area contributed by atoms with E-state index in [2.05, 4.69) is 0 Å². The van der Waals surface area contributed by atoms with E-state index >= 15 is 0 Å². The van der Waals surface area contributed by atoms with Crippen LogP contribution >= 0.6 is 22.9 Å². The van der Waals surface area contributed by atoms with Gasteiger partial charge in [-0.05, 0) is 30.2 Å². The molecule has 0 aliphatic rings.